The molecule has 0 saturated heterocycles. The molecule has 0 saturated carbocycles. The van der Waals surface area contributed by atoms with E-state index >= 15 is 0 Å². The molecule has 0 bridgehead atoms. The van der Waals surface area contributed by atoms with Gasteiger partial charge in [0, 0.05) is 19.2 Å². The van der Waals surface area contributed by atoms with Crippen LogP contribution in [0.3, 0.4) is 0 Å². The molecule has 1 N–H and O–H groups in total. The van der Waals surface area contributed by atoms with Crippen molar-refractivity contribution in [3.8, 4) is 5.75 Å². The van der Waals surface area contributed by atoms with Crippen LogP contribution >= 0.6 is 0 Å². The predicted octanol–water partition coefficient (Wildman–Crippen LogP) is 2.60. The Morgan fingerprint density at radius 1 is 0.952 bits per heavy atom. The zero-order valence-electron chi connectivity index (χ0n) is 12.7. The lowest BCUT2D eigenvalue weighted by molar-refractivity contribution is 0.0543. The van der Waals surface area contributed by atoms with E-state index in [1.54, 1.807) is 7.11 Å². The van der Waals surface area contributed by atoms with Crippen LogP contribution in [0.2, 0.25) is 0 Å². The zero-order chi connectivity index (χ0) is 14.9. The van der Waals surface area contributed by atoms with Gasteiger partial charge in [-0.15, -0.1) is 0 Å². The van der Waals surface area contributed by atoms with Gasteiger partial charge in [-0.05, 0) is 23.9 Å². The van der Waals surface area contributed by atoms with Crippen LogP contribution in [0, 0.1) is 0 Å². The summed E-state index contributed by atoms with van der Waals surface area (Å²) in [5.41, 5.74) is 1.19. The number of rotatable bonds is 9. The van der Waals surface area contributed by atoms with Crippen LogP contribution in [0.1, 0.15) is 5.56 Å². The third-order valence-electron chi connectivity index (χ3n) is 3.27. The molecular formula is C17H23NO3. The summed E-state index contributed by atoms with van der Waals surface area (Å²) in [7, 11) is 3.61. The molecule has 0 spiro atoms. The Morgan fingerprint density at radius 3 is 2.57 bits per heavy atom. The summed E-state index contributed by atoms with van der Waals surface area (Å²) in [4.78, 5) is 0. The quantitative estimate of drug-likeness (QED) is 0.720. The Morgan fingerprint density at radius 2 is 1.76 bits per heavy atom. The van der Waals surface area contributed by atoms with Gasteiger partial charge in [-0.1, -0.05) is 30.3 Å². The van der Waals surface area contributed by atoms with E-state index in [4.69, 9.17) is 14.2 Å². The highest BCUT2D eigenvalue weighted by Crippen LogP contribution is 2.28. The maximum absolute atomic E-state index is 5.87. The van der Waals surface area contributed by atoms with E-state index < -0.39 is 0 Å². The Kier molecular flexibility index (Phi) is 6.47. The van der Waals surface area contributed by atoms with Gasteiger partial charge in [0.1, 0.15) is 12.4 Å². The second kappa shape index (κ2) is 8.62. The highest BCUT2D eigenvalue weighted by molar-refractivity contribution is 5.87. The standard InChI is InChI=1S/C17H23NO3/c1-18-13-16-15-6-4-3-5-14(15)7-8-17(16)21-12-11-20-10-9-19-2/h3-8,18H,9-13H2,1-2H3. The van der Waals surface area contributed by atoms with Crippen molar-refractivity contribution in [2.24, 2.45) is 0 Å². The maximum atomic E-state index is 5.87. The zero-order valence-corrected chi connectivity index (χ0v) is 12.7. The van der Waals surface area contributed by atoms with Crippen LogP contribution in [0.25, 0.3) is 10.8 Å². The Bertz CT molecular complexity index is 557. The minimum Gasteiger partial charge on any atom is -0.491 e. The summed E-state index contributed by atoms with van der Waals surface area (Å²) in [6.45, 7) is 3.09. The van der Waals surface area contributed by atoms with Crippen molar-refractivity contribution in [1.82, 2.24) is 5.32 Å². The molecule has 0 aliphatic heterocycles. The molecule has 4 nitrogen and oxygen atoms in total. The maximum Gasteiger partial charge on any atom is 0.124 e. The van der Waals surface area contributed by atoms with Crippen LogP contribution in [-0.2, 0) is 16.0 Å². The van der Waals surface area contributed by atoms with E-state index in [2.05, 4.69) is 35.6 Å². The van der Waals surface area contributed by atoms with Gasteiger partial charge in [0.2, 0.25) is 0 Å². The van der Waals surface area contributed by atoms with E-state index in [9.17, 15) is 0 Å². The molecule has 0 aliphatic rings. The van der Waals surface area contributed by atoms with Crippen molar-refractivity contribution in [2.45, 2.75) is 6.54 Å². The highest BCUT2D eigenvalue weighted by atomic mass is 16.5. The summed E-state index contributed by atoms with van der Waals surface area (Å²) in [5.74, 6) is 0.915. The molecule has 0 aliphatic carbocycles. The summed E-state index contributed by atoms with van der Waals surface area (Å²) in [6, 6.07) is 12.5. The summed E-state index contributed by atoms with van der Waals surface area (Å²) in [6.07, 6.45) is 0. The third kappa shape index (κ3) is 4.43. The first-order valence-electron chi connectivity index (χ1n) is 7.21. The molecule has 0 radical (unpaired) electrons. The predicted molar refractivity (Wildman–Crippen MR) is 84.9 cm³/mol. The summed E-state index contributed by atoms with van der Waals surface area (Å²) >= 11 is 0. The first-order chi connectivity index (χ1) is 10.4. The first kappa shape index (κ1) is 15.8. The van der Waals surface area contributed by atoms with Crippen molar-refractivity contribution in [3.63, 3.8) is 0 Å². The Balaban J connectivity index is 2.03. The largest absolute Gasteiger partial charge is 0.491 e. The number of hydrogen-bond acceptors (Lipinski definition) is 4. The molecule has 2 aromatic carbocycles. The van der Waals surface area contributed by atoms with Gasteiger partial charge in [-0.2, -0.15) is 0 Å². The molecule has 2 aromatic rings. The number of hydrogen-bond donors (Lipinski definition) is 1. The molecule has 0 aromatic heterocycles. The van der Waals surface area contributed by atoms with Gasteiger partial charge in [-0.3, -0.25) is 0 Å². The molecule has 0 unspecified atom stereocenters. The number of nitrogens with one attached hydrogen (secondary N) is 1. The van der Waals surface area contributed by atoms with Crippen molar-refractivity contribution < 1.29 is 14.2 Å². The fraction of sp³-hybridized carbons (Fsp3) is 0.412. The lowest BCUT2D eigenvalue weighted by Gasteiger charge is -2.14. The highest BCUT2D eigenvalue weighted by Gasteiger charge is 2.08. The Hall–Kier alpha value is -1.62. The van der Waals surface area contributed by atoms with Gasteiger partial charge in [0.15, 0.2) is 0 Å². The second-order valence-corrected chi connectivity index (χ2v) is 4.75. The summed E-state index contributed by atoms with van der Waals surface area (Å²) < 4.78 is 16.2. The lowest BCUT2D eigenvalue weighted by Crippen LogP contribution is -2.12. The van der Waals surface area contributed by atoms with Gasteiger partial charge in [0.25, 0.3) is 0 Å². The number of benzene rings is 2. The third-order valence-corrected chi connectivity index (χ3v) is 3.27. The molecular weight excluding hydrogens is 266 g/mol. The van der Waals surface area contributed by atoms with Gasteiger partial charge < -0.3 is 19.5 Å². The van der Waals surface area contributed by atoms with E-state index in [-0.39, 0.29) is 0 Å². The topological polar surface area (TPSA) is 39.7 Å². The smallest absolute Gasteiger partial charge is 0.124 e. The molecule has 21 heavy (non-hydrogen) atoms. The van der Waals surface area contributed by atoms with Crippen LogP contribution < -0.4 is 10.1 Å². The average molecular weight is 289 g/mol. The van der Waals surface area contributed by atoms with E-state index in [1.807, 2.05) is 13.1 Å². The fourth-order valence-corrected chi connectivity index (χ4v) is 2.27. The van der Waals surface area contributed by atoms with Crippen LogP contribution in [-0.4, -0.2) is 40.6 Å². The number of fused-ring (bicyclic) bond motifs is 1. The van der Waals surface area contributed by atoms with Crippen LogP contribution in [0.4, 0.5) is 0 Å². The molecule has 0 atom stereocenters. The van der Waals surface area contributed by atoms with Crippen molar-refractivity contribution in [3.05, 3.63) is 42.0 Å². The summed E-state index contributed by atoms with van der Waals surface area (Å²) in [5, 5.41) is 5.66. The van der Waals surface area contributed by atoms with Crippen LogP contribution in [0.15, 0.2) is 36.4 Å². The lowest BCUT2D eigenvalue weighted by atomic mass is 10.0. The number of ether oxygens (including phenoxy) is 3. The minimum absolute atomic E-state index is 0.540. The molecule has 0 heterocycles. The van der Waals surface area contributed by atoms with Gasteiger partial charge in [-0.25, -0.2) is 0 Å². The van der Waals surface area contributed by atoms with E-state index in [0.29, 0.717) is 26.4 Å². The number of methoxy groups -OCH3 is 1. The van der Waals surface area contributed by atoms with E-state index in [0.717, 1.165) is 12.3 Å². The Labute approximate surface area is 126 Å². The van der Waals surface area contributed by atoms with Crippen LogP contribution in [0.5, 0.6) is 5.75 Å². The molecule has 0 amide bonds. The average Bonchev–Trinajstić information content (AvgIpc) is 2.52. The SMILES string of the molecule is CNCc1c(OCCOCCOC)ccc2ccccc12. The minimum atomic E-state index is 0.540. The van der Waals surface area contributed by atoms with Crippen molar-refractivity contribution in [2.75, 3.05) is 40.6 Å². The fourth-order valence-electron chi connectivity index (χ4n) is 2.27. The normalized spacial score (nSPS) is 11.0. The van der Waals surface area contributed by atoms with E-state index in [1.165, 1.54) is 16.3 Å². The molecule has 114 valence electrons. The van der Waals surface area contributed by atoms with Gasteiger partial charge in [0.05, 0.1) is 19.8 Å². The molecule has 0 fully saturated rings. The molecule has 4 heteroatoms. The second-order valence-electron chi connectivity index (χ2n) is 4.75. The van der Waals surface area contributed by atoms with Crippen molar-refractivity contribution in [1.29, 1.82) is 0 Å². The first-order valence-corrected chi connectivity index (χ1v) is 7.21. The van der Waals surface area contributed by atoms with Gasteiger partial charge >= 0.3 is 0 Å². The molecule has 2 rings (SSSR count). The monoisotopic (exact) mass is 289 g/mol. The van der Waals surface area contributed by atoms with Crippen molar-refractivity contribution >= 4 is 10.8 Å².